The predicted molar refractivity (Wildman–Crippen MR) is 72.2 cm³/mol. The Kier molecular flexibility index (Phi) is 4.32. The summed E-state index contributed by atoms with van der Waals surface area (Å²) in [5.41, 5.74) is 5.35. The van der Waals surface area contributed by atoms with Crippen LogP contribution in [0.15, 0.2) is 18.2 Å². The number of hydrogen-bond donors (Lipinski definition) is 1. The van der Waals surface area contributed by atoms with Crippen LogP contribution in [0.1, 0.15) is 12.5 Å². The molecule has 1 aromatic carbocycles. The molecule has 2 rings (SSSR count). The first-order valence-electron chi connectivity index (χ1n) is 6.48. The Morgan fingerprint density at radius 3 is 2.67 bits per heavy atom. The molecule has 1 aromatic rings. The monoisotopic (exact) mass is 300 g/mol. The predicted octanol–water partition coefficient (Wildman–Crippen LogP) is 1.60. The van der Waals surface area contributed by atoms with E-state index in [1.807, 2.05) is 4.90 Å². The molecule has 0 saturated carbocycles. The summed E-state index contributed by atoms with van der Waals surface area (Å²) in [5.74, 6) is 0.316. The van der Waals surface area contributed by atoms with E-state index in [1.165, 1.54) is 13.2 Å². The zero-order valence-electron chi connectivity index (χ0n) is 11.9. The number of amides is 1. The average molecular weight is 300 g/mol. The van der Waals surface area contributed by atoms with E-state index in [0.717, 1.165) is 0 Å². The second-order valence-corrected chi connectivity index (χ2v) is 5.42. The van der Waals surface area contributed by atoms with Crippen LogP contribution in [0, 0.1) is 5.41 Å². The third kappa shape index (κ3) is 3.41. The molecule has 7 heteroatoms. The molecular formula is C14H18F2N2O3. The molecule has 5 nitrogen and oxygen atoms in total. The minimum atomic E-state index is -2.88. The quantitative estimate of drug-likeness (QED) is 0.867. The number of carbonyl (C=O) groups excluding carboxylic acids is 1. The third-order valence-electron chi connectivity index (χ3n) is 3.62. The van der Waals surface area contributed by atoms with Crippen LogP contribution in [-0.2, 0) is 11.3 Å². The van der Waals surface area contributed by atoms with Gasteiger partial charge in [-0.2, -0.15) is 8.78 Å². The van der Waals surface area contributed by atoms with Crippen LogP contribution in [0.3, 0.4) is 0 Å². The van der Waals surface area contributed by atoms with E-state index in [9.17, 15) is 13.6 Å². The minimum Gasteiger partial charge on any atom is -0.497 e. The summed E-state index contributed by atoms with van der Waals surface area (Å²) in [7, 11) is 1.50. The average Bonchev–Trinajstić information content (AvgIpc) is 2.37. The minimum absolute atomic E-state index is 0.110. The van der Waals surface area contributed by atoms with Gasteiger partial charge in [-0.3, -0.25) is 9.69 Å². The van der Waals surface area contributed by atoms with Crippen molar-refractivity contribution in [1.29, 1.82) is 0 Å². The van der Waals surface area contributed by atoms with Gasteiger partial charge >= 0.3 is 6.61 Å². The number of methoxy groups -OCH3 is 1. The van der Waals surface area contributed by atoms with Gasteiger partial charge < -0.3 is 15.2 Å². The van der Waals surface area contributed by atoms with Gasteiger partial charge in [-0.25, -0.2) is 0 Å². The van der Waals surface area contributed by atoms with Crippen molar-refractivity contribution in [1.82, 2.24) is 4.90 Å². The van der Waals surface area contributed by atoms with Crippen LogP contribution >= 0.6 is 0 Å². The molecule has 1 fully saturated rings. The molecular weight excluding hydrogens is 282 g/mol. The zero-order valence-corrected chi connectivity index (χ0v) is 11.9. The molecule has 1 aliphatic rings. The van der Waals surface area contributed by atoms with Crippen molar-refractivity contribution in [3.63, 3.8) is 0 Å². The summed E-state index contributed by atoms with van der Waals surface area (Å²) in [4.78, 5) is 13.2. The number of nitrogens with zero attached hydrogens (tertiary/aromatic N) is 1. The largest absolute Gasteiger partial charge is 0.497 e. The Labute approximate surface area is 121 Å². The molecule has 21 heavy (non-hydrogen) atoms. The van der Waals surface area contributed by atoms with E-state index in [-0.39, 0.29) is 11.7 Å². The normalized spacial score (nSPS) is 17.4. The Hall–Kier alpha value is -1.89. The van der Waals surface area contributed by atoms with Crippen LogP contribution < -0.4 is 15.2 Å². The van der Waals surface area contributed by atoms with Crippen molar-refractivity contribution in [2.24, 2.45) is 11.1 Å². The lowest BCUT2D eigenvalue weighted by Crippen LogP contribution is -2.60. The molecule has 1 amide bonds. The van der Waals surface area contributed by atoms with Crippen LogP contribution in [0.25, 0.3) is 0 Å². The fourth-order valence-corrected chi connectivity index (χ4v) is 2.47. The van der Waals surface area contributed by atoms with Crippen molar-refractivity contribution >= 4 is 5.91 Å². The van der Waals surface area contributed by atoms with Gasteiger partial charge in [-0.1, -0.05) is 0 Å². The maximum Gasteiger partial charge on any atom is 0.387 e. The van der Waals surface area contributed by atoms with Crippen molar-refractivity contribution in [3.8, 4) is 11.5 Å². The van der Waals surface area contributed by atoms with Crippen LogP contribution in [0.2, 0.25) is 0 Å². The summed E-state index contributed by atoms with van der Waals surface area (Å²) in [6.07, 6.45) is 0. The fraction of sp³-hybridized carbons (Fsp3) is 0.500. The first kappa shape index (κ1) is 15.5. The number of ether oxygens (including phenoxy) is 2. The van der Waals surface area contributed by atoms with Gasteiger partial charge in [0, 0.05) is 25.2 Å². The number of rotatable bonds is 6. The van der Waals surface area contributed by atoms with Crippen LogP contribution in [-0.4, -0.2) is 37.6 Å². The lowest BCUT2D eigenvalue weighted by molar-refractivity contribution is -0.136. The smallest absolute Gasteiger partial charge is 0.387 e. The molecule has 116 valence electrons. The summed E-state index contributed by atoms with van der Waals surface area (Å²) in [6, 6.07) is 4.66. The first-order chi connectivity index (χ1) is 9.84. The fourth-order valence-electron chi connectivity index (χ4n) is 2.47. The SMILES string of the molecule is COc1ccc(OC(F)F)c(CN2CC(C)(C(N)=O)C2)c1. The van der Waals surface area contributed by atoms with E-state index >= 15 is 0 Å². The maximum absolute atomic E-state index is 12.4. The van der Waals surface area contributed by atoms with Gasteiger partial charge in [-0.05, 0) is 25.1 Å². The molecule has 0 spiro atoms. The van der Waals surface area contributed by atoms with Crippen molar-refractivity contribution in [2.75, 3.05) is 20.2 Å². The highest BCUT2D eigenvalue weighted by Crippen LogP contribution is 2.33. The number of benzene rings is 1. The molecule has 0 aliphatic carbocycles. The molecule has 1 heterocycles. The van der Waals surface area contributed by atoms with E-state index in [4.69, 9.17) is 10.5 Å². The molecule has 0 unspecified atom stereocenters. The number of likely N-dealkylation sites (tertiary alicyclic amines) is 1. The molecule has 0 aromatic heterocycles. The lowest BCUT2D eigenvalue weighted by Gasteiger charge is -2.45. The zero-order chi connectivity index (χ0) is 15.6. The first-order valence-corrected chi connectivity index (χ1v) is 6.48. The number of nitrogens with two attached hydrogens (primary N) is 1. The Bertz CT molecular complexity index is 531. The molecule has 1 aliphatic heterocycles. The Balaban J connectivity index is 2.10. The number of primary amides is 1. The van der Waals surface area contributed by atoms with Gasteiger partial charge in [0.15, 0.2) is 0 Å². The third-order valence-corrected chi connectivity index (χ3v) is 3.62. The van der Waals surface area contributed by atoms with Crippen molar-refractivity contribution in [2.45, 2.75) is 20.1 Å². The highest BCUT2D eigenvalue weighted by molar-refractivity contribution is 5.82. The van der Waals surface area contributed by atoms with Gasteiger partial charge in [-0.15, -0.1) is 0 Å². The molecule has 0 atom stereocenters. The summed E-state index contributed by atoms with van der Waals surface area (Å²) >= 11 is 0. The van der Waals surface area contributed by atoms with Crippen molar-refractivity contribution < 1.29 is 23.0 Å². The topological polar surface area (TPSA) is 64.8 Å². The highest BCUT2D eigenvalue weighted by Gasteiger charge is 2.43. The summed E-state index contributed by atoms with van der Waals surface area (Å²) in [5, 5.41) is 0. The molecule has 1 saturated heterocycles. The molecule has 0 radical (unpaired) electrons. The van der Waals surface area contributed by atoms with Gasteiger partial charge in [0.25, 0.3) is 0 Å². The molecule has 0 bridgehead atoms. The van der Waals surface area contributed by atoms with E-state index in [0.29, 0.717) is 30.9 Å². The Morgan fingerprint density at radius 2 is 2.14 bits per heavy atom. The number of alkyl halides is 2. The second-order valence-electron chi connectivity index (χ2n) is 5.42. The standard InChI is InChI=1S/C14H18F2N2O3/c1-14(12(17)19)7-18(8-14)6-9-5-10(20-2)3-4-11(9)21-13(15)16/h3-5,13H,6-8H2,1-2H3,(H2,17,19). The Morgan fingerprint density at radius 1 is 1.48 bits per heavy atom. The maximum atomic E-state index is 12.4. The lowest BCUT2D eigenvalue weighted by atomic mass is 9.81. The van der Waals surface area contributed by atoms with Gasteiger partial charge in [0.2, 0.25) is 5.91 Å². The van der Waals surface area contributed by atoms with E-state index in [1.54, 1.807) is 19.1 Å². The number of hydrogen-bond acceptors (Lipinski definition) is 4. The van der Waals surface area contributed by atoms with E-state index < -0.39 is 12.0 Å². The van der Waals surface area contributed by atoms with Gasteiger partial charge in [0.1, 0.15) is 11.5 Å². The summed E-state index contributed by atoms with van der Waals surface area (Å²) < 4.78 is 34.4. The molecule has 2 N–H and O–H groups in total. The number of carbonyl (C=O) groups is 1. The van der Waals surface area contributed by atoms with E-state index in [2.05, 4.69) is 4.74 Å². The number of halogens is 2. The van der Waals surface area contributed by atoms with Crippen LogP contribution in [0.4, 0.5) is 8.78 Å². The van der Waals surface area contributed by atoms with Crippen molar-refractivity contribution in [3.05, 3.63) is 23.8 Å². The summed E-state index contributed by atoms with van der Waals surface area (Å²) in [6.45, 7) is 0.279. The highest BCUT2D eigenvalue weighted by atomic mass is 19.3. The second kappa shape index (κ2) is 5.85. The van der Waals surface area contributed by atoms with Crippen LogP contribution in [0.5, 0.6) is 11.5 Å². The van der Waals surface area contributed by atoms with Gasteiger partial charge in [0.05, 0.1) is 12.5 Å².